The molecule has 0 aliphatic heterocycles. The van der Waals surface area contributed by atoms with E-state index >= 15 is 0 Å². The van der Waals surface area contributed by atoms with Crippen molar-refractivity contribution in [2.24, 2.45) is 11.1 Å². The van der Waals surface area contributed by atoms with Crippen LogP contribution in [0, 0.1) is 5.41 Å². The number of rotatable bonds is 3. The number of hydrogen-bond acceptors (Lipinski definition) is 4. The molecule has 0 spiro atoms. The molecule has 0 saturated carbocycles. The molecule has 0 fully saturated rings. The zero-order chi connectivity index (χ0) is 12.3. The third-order valence-corrected chi connectivity index (χ3v) is 3.03. The lowest BCUT2D eigenvalue weighted by molar-refractivity contribution is -0.152. The van der Waals surface area contributed by atoms with Gasteiger partial charge in [-0.05, 0) is 41.9 Å². The molecule has 5 heteroatoms. The lowest BCUT2D eigenvalue weighted by Gasteiger charge is -2.28. The van der Waals surface area contributed by atoms with Crippen molar-refractivity contribution in [3.63, 3.8) is 0 Å². The predicted octanol–water partition coefficient (Wildman–Crippen LogP) is 2.04. The summed E-state index contributed by atoms with van der Waals surface area (Å²) in [7, 11) is 1.35. The lowest BCUT2D eigenvalue weighted by Crippen LogP contribution is -2.37. The van der Waals surface area contributed by atoms with Crippen LogP contribution in [0.3, 0.4) is 0 Å². The summed E-state index contributed by atoms with van der Waals surface area (Å²) in [6, 6.07) is 3.14. The number of methoxy groups -OCH3 is 1. The average Bonchev–Trinajstić information content (AvgIpc) is 2.28. The van der Waals surface area contributed by atoms with E-state index in [1.54, 1.807) is 26.1 Å². The summed E-state index contributed by atoms with van der Waals surface area (Å²) in [5.41, 5.74) is 5.89. The Bertz CT molecular complexity index is 376. The zero-order valence-corrected chi connectivity index (χ0v) is 11.1. The summed E-state index contributed by atoms with van der Waals surface area (Å²) < 4.78 is 5.60. The Morgan fingerprint density at radius 2 is 2.19 bits per heavy atom. The molecular weight excluding hydrogens is 272 g/mol. The normalized spacial score (nSPS) is 13.3. The molecule has 0 saturated heterocycles. The Balaban J connectivity index is 2.97. The van der Waals surface area contributed by atoms with Crippen molar-refractivity contribution >= 4 is 21.9 Å². The van der Waals surface area contributed by atoms with Gasteiger partial charge in [0.05, 0.1) is 24.3 Å². The maximum atomic E-state index is 11.6. The van der Waals surface area contributed by atoms with Crippen LogP contribution in [-0.4, -0.2) is 18.1 Å². The molecule has 0 amide bonds. The van der Waals surface area contributed by atoms with Crippen molar-refractivity contribution in [2.75, 3.05) is 7.11 Å². The minimum Gasteiger partial charge on any atom is -0.469 e. The van der Waals surface area contributed by atoms with Gasteiger partial charge in [0.25, 0.3) is 0 Å². The topological polar surface area (TPSA) is 65.2 Å². The van der Waals surface area contributed by atoms with Crippen LogP contribution in [-0.2, 0) is 9.53 Å². The summed E-state index contributed by atoms with van der Waals surface area (Å²) >= 11 is 3.29. The third kappa shape index (κ3) is 2.59. The van der Waals surface area contributed by atoms with Gasteiger partial charge < -0.3 is 10.5 Å². The summed E-state index contributed by atoms with van der Waals surface area (Å²) in [5.74, 6) is -0.343. The number of carbonyl (C=O) groups excluding carboxylic acids is 1. The van der Waals surface area contributed by atoms with E-state index in [1.807, 2.05) is 6.07 Å². The Kier molecular flexibility index (Phi) is 4.04. The van der Waals surface area contributed by atoms with Gasteiger partial charge in [-0.3, -0.25) is 9.78 Å². The number of ether oxygens (including phenoxy) is 1. The maximum Gasteiger partial charge on any atom is 0.313 e. The van der Waals surface area contributed by atoms with Gasteiger partial charge in [0, 0.05) is 10.7 Å². The highest BCUT2D eigenvalue weighted by Crippen LogP contribution is 2.31. The molecule has 88 valence electrons. The molecule has 0 bridgehead atoms. The summed E-state index contributed by atoms with van der Waals surface area (Å²) in [5, 5.41) is 0. The fourth-order valence-corrected chi connectivity index (χ4v) is 1.57. The predicted molar refractivity (Wildman–Crippen MR) is 64.7 cm³/mol. The first kappa shape index (κ1) is 13.1. The van der Waals surface area contributed by atoms with Crippen LogP contribution in [0.2, 0.25) is 0 Å². The van der Waals surface area contributed by atoms with E-state index in [-0.39, 0.29) is 5.97 Å². The average molecular weight is 287 g/mol. The lowest BCUT2D eigenvalue weighted by atomic mass is 9.83. The van der Waals surface area contributed by atoms with E-state index in [2.05, 4.69) is 20.9 Å². The molecule has 4 nitrogen and oxygen atoms in total. The van der Waals surface area contributed by atoms with Crippen LogP contribution in [0.1, 0.15) is 25.6 Å². The minimum atomic E-state index is -0.796. The van der Waals surface area contributed by atoms with E-state index in [1.165, 1.54) is 7.11 Å². The van der Waals surface area contributed by atoms with Gasteiger partial charge in [0.1, 0.15) is 0 Å². The number of halogens is 1. The second-order valence-corrected chi connectivity index (χ2v) is 5.01. The fourth-order valence-electron chi connectivity index (χ4n) is 1.33. The van der Waals surface area contributed by atoms with Crippen LogP contribution in [0.15, 0.2) is 22.8 Å². The largest absolute Gasteiger partial charge is 0.469 e. The smallest absolute Gasteiger partial charge is 0.313 e. The number of pyridine rings is 1. The minimum absolute atomic E-state index is 0.343. The number of nitrogens with zero attached hydrogens (tertiary/aromatic N) is 1. The molecule has 0 aliphatic carbocycles. The van der Waals surface area contributed by atoms with Crippen LogP contribution < -0.4 is 5.73 Å². The van der Waals surface area contributed by atoms with Crippen molar-refractivity contribution in [3.8, 4) is 0 Å². The van der Waals surface area contributed by atoms with E-state index in [0.29, 0.717) is 5.69 Å². The SMILES string of the molecule is COC(=O)C(C)(C)[C@@H](N)c1ccc(Br)cn1. The van der Waals surface area contributed by atoms with Crippen LogP contribution in [0.5, 0.6) is 0 Å². The highest BCUT2D eigenvalue weighted by Gasteiger charge is 2.37. The molecule has 0 unspecified atom stereocenters. The van der Waals surface area contributed by atoms with Crippen LogP contribution in [0.4, 0.5) is 0 Å². The van der Waals surface area contributed by atoms with Crippen molar-refractivity contribution < 1.29 is 9.53 Å². The molecule has 1 aromatic rings. The first-order valence-corrected chi connectivity index (χ1v) is 5.64. The number of aromatic nitrogens is 1. The Morgan fingerprint density at radius 1 is 1.56 bits per heavy atom. The second kappa shape index (κ2) is 4.93. The van der Waals surface area contributed by atoms with Crippen LogP contribution >= 0.6 is 15.9 Å². The van der Waals surface area contributed by atoms with Crippen molar-refractivity contribution in [1.29, 1.82) is 0 Å². The molecule has 2 N–H and O–H groups in total. The summed E-state index contributed by atoms with van der Waals surface area (Å²) in [4.78, 5) is 15.8. The highest BCUT2D eigenvalue weighted by atomic mass is 79.9. The Hall–Kier alpha value is -0.940. The second-order valence-electron chi connectivity index (χ2n) is 4.09. The van der Waals surface area contributed by atoms with Gasteiger partial charge in [0.15, 0.2) is 0 Å². The quantitative estimate of drug-likeness (QED) is 0.864. The van der Waals surface area contributed by atoms with Crippen molar-refractivity contribution in [1.82, 2.24) is 4.98 Å². The number of nitrogens with two attached hydrogens (primary N) is 1. The van der Waals surface area contributed by atoms with E-state index in [4.69, 9.17) is 10.5 Å². The van der Waals surface area contributed by atoms with E-state index in [9.17, 15) is 4.79 Å². The van der Waals surface area contributed by atoms with Gasteiger partial charge in [-0.15, -0.1) is 0 Å². The molecule has 0 aliphatic rings. The Morgan fingerprint density at radius 3 is 2.62 bits per heavy atom. The molecule has 1 atom stereocenters. The fraction of sp³-hybridized carbons (Fsp3) is 0.455. The van der Waals surface area contributed by atoms with Crippen molar-refractivity contribution in [2.45, 2.75) is 19.9 Å². The highest BCUT2D eigenvalue weighted by molar-refractivity contribution is 9.10. The maximum absolute atomic E-state index is 11.6. The first-order valence-electron chi connectivity index (χ1n) is 4.85. The number of esters is 1. The molecule has 0 aromatic carbocycles. The third-order valence-electron chi connectivity index (χ3n) is 2.56. The van der Waals surface area contributed by atoms with Gasteiger partial charge >= 0.3 is 5.97 Å². The molecule has 1 heterocycles. The summed E-state index contributed by atoms with van der Waals surface area (Å²) in [6.07, 6.45) is 1.66. The first-order chi connectivity index (χ1) is 7.39. The van der Waals surface area contributed by atoms with Gasteiger partial charge in [-0.25, -0.2) is 0 Å². The van der Waals surface area contributed by atoms with Gasteiger partial charge in [-0.1, -0.05) is 0 Å². The zero-order valence-electron chi connectivity index (χ0n) is 9.53. The molecular formula is C11H15BrN2O2. The van der Waals surface area contributed by atoms with Gasteiger partial charge in [0.2, 0.25) is 0 Å². The molecule has 0 radical (unpaired) electrons. The van der Waals surface area contributed by atoms with Crippen LogP contribution in [0.25, 0.3) is 0 Å². The number of carbonyl (C=O) groups is 1. The molecule has 1 rings (SSSR count). The molecule has 16 heavy (non-hydrogen) atoms. The van der Waals surface area contributed by atoms with Gasteiger partial charge in [-0.2, -0.15) is 0 Å². The number of hydrogen-bond donors (Lipinski definition) is 1. The van der Waals surface area contributed by atoms with E-state index in [0.717, 1.165) is 4.47 Å². The Labute approximate surface area is 103 Å². The molecule has 1 aromatic heterocycles. The summed E-state index contributed by atoms with van der Waals surface area (Å²) in [6.45, 7) is 3.49. The van der Waals surface area contributed by atoms with Crippen molar-refractivity contribution in [3.05, 3.63) is 28.5 Å². The van der Waals surface area contributed by atoms with E-state index < -0.39 is 11.5 Å². The monoisotopic (exact) mass is 286 g/mol. The standard InChI is InChI=1S/C11H15BrN2O2/c1-11(2,10(15)16-3)9(13)8-5-4-7(12)6-14-8/h4-6,9H,13H2,1-3H3/t9-/m0/s1.